The van der Waals surface area contributed by atoms with Gasteiger partial charge in [0.25, 0.3) is 0 Å². The lowest BCUT2D eigenvalue weighted by Crippen LogP contribution is -1.91. The van der Waals surface area contributed by atoms with Gasteiger partial charge in [0.1, 0.15) is 0 Å². The molecule has 0 aliphatic heterocycles. The molecule has 0 saturated heterocycles. The second-order valence-electron chi connectivity index (χ2n) is 2.94. The smallest absolute Gasteiger partial charge is 0.371 e. The lowest BCUT2D eigenvalue weighted by atomic mass is 10.3. The highest BCUT2D eigenvalue weighted by molar-refractivity contribution is 5.86. The Kier molecular flexibility index (Phi) is 2.24. The van der Waals surface area contributed by atoms with Gasteiger partial charge in [-0.2, -0.15) is 0 Å². The number of furan rings is 2. The summed E-state index contributed by atoms with van der Waals surface area (Å²) in [6, 6.07) is 5.32. The molecule has 0 spiro atoms. The first-order valence-corrected chi connectivity index (χ1v) is 4.24. The van der Waals surface area contributed by atoms with Crippen LogP contribution in [0.25, 0.3) is 11.5 Å². The first-order chi connectivity index (χ1) is 7.58. The zero-order valence-corrected chi connectivity index (χ0v) is 7.84. The maximum absolute atomic E-state index is 10.5. The summed E-state index contributed by atoms with van der Waals surface area (Å²) in [5.74, 6) is -2.52. The van der Waals surface area contributed by atoms with Crippen LogP contribution in [0, 0.1) is 0 Å². The Morgan fingerprint density at radius 3 is 1.44 bits per heavy atom. The molecule has 6 nitrogen and oxygen atoms in total. The van der Waals surface area contributed by atoms with Crippen LogP contribution >= 0.6 is 0 Å². The second kappa shape index (κ2) is 3.58. The van der Waals surface area contributed by atoms with E-state index in [-0.39, 0.29) is 23.0 Å². The van der Waals surface area contributed by atoms with Crippen LogP contribution in [0.5, 0.6) is 0 Å². The Hall–Kier alpha value is -2.50. The molecule has 2 rings (SSSR count). The average molecular weight is 222 g/mol. The lowest BCUT2D eigenvalue weighted by Gasteiger charge is -1.90. The van der Waals surface area contributed by atoms with Gasteiger partial charge < -0.3 is 19.0 Å². The summed E-state index contributed by atoms with van der Waals surface area (Å²) in [4.78, 5) is 21.1. The minimum absolute atomic E-state index is 0.171. The molecule has 0 radical (unpaired) electrons. The number of hydrogen-bond donors (Lipinski definition) is 2. The molecule has 2 heterocycles. The van der Waals surface area contributed by atoms with Crippen molar-refractivity contribution in [3.05, 3.63) is 35.8 Å². The number of hydrogen-bond acceptors (Lipinski definition) is 4. The summed E-state index contributed by atoms with van der Waals surface area (Å²) < 4.78 is 9.88. The predicted octanol–water partition coefficient (Wildman–Crippen LogP) is 1.94. The summed E-state index contributed by atoms with van der Waals surface area (Å²) in [5.41, 5.74) is 0. The van der Waals surface area contributed by atoms with E-state index in [9.17, 15) is 9.59 Å². The van der Waals surface area contributed by atoms with Crippen molar-refractivity contribution in [2.45, 2.75) is 0 Å². The van der Waals surface area contributed by atoms with E-state index in [0.717, 1.165) is 0 Å². The van der Waals surface area contributed by atoms with E-state index < -0.39 is 11.9 Å². The second-order valence-corrected chi connectivity index (χ2v) is 2.94. The van der Waals surface area contributed by atoms with Crippen LogP contribution in [0.15, 0.2) is 33.1 Å². The van der Waals surface area contributed by atoms with Crippen LogP contribution in [-0.4, -0.2) is 22.2 Å². The highest BCUT2D eigenvalue weighted by atomic mass is 16.4. The van der Waals surface area contributed by atoms with Crippen molar-refractivity contribution >= 4 is 11.9 Å². The van der Waals surface area contributed by atoms with Gasteiger partial charge in [-0.1, -0.05) is 0 Å². The molecule has 16 heavy (non-hydrogen) atoms. The van der Waals surface area contributed by atoms with Gasteiger partial charge in [0.05, 0.1) is 0 Å². The van der Waals surface area contributed by atoms with Gasteiger partial charge in [0, 0.05) is 0 Å². The van der Waals surface area contributed by atoms with E-state index in [2.05, 4.69) is 0 Å². The summed E-state index contributed by atoms with van der Waals surface area (Å²) in [7, 11) is 0. The molecule has 6 heteroatoms. The maximum Gasteiger partial charge on any atom is 0.371 e. The van der Waals surface area contributed by atoms with Crippen molar-refractivity contribution in [2.24, 2.45) is 0 Å². The summed E-state index contributed by atoms with van der Waals surface area (Å²) in [6.07, 6.45) is 0. The zero-order valence-electron chi connectivity index (χ0n) is 7.84. The monoisotopic (exact) mass is 222 g/mol. The number of carboxylic acid groups (broad SMARTS) is 2. The fourth-order valence-corrected chi connectivity index (χ4v) is 1.17. The summed E-state index contributed by atoms with van der Waals surface area (Å²) in [5, 5.41) is 17.2. The van der Waals surface area contributed by atoms with Crippen LogP contribution in [0.3, 0.4) is 0 Å². The predicted molar refractivity (Wildman–Crippen MR) is 50.3 cm³/mol. The van der Waals surface area contributed by atoms with E-state index in [1.165, 1.54) is 24.3 Å². The Labute approximate surface area is 88.7 Å². The van der Waals surface area contributed by atoms with Crippen molar-refractivity contribution < 1.29 is 28.6 Å². The molecule has 0 aromatic carbocycles. The summed E-state index contributed by atoms with van der Waals surface area (Å²) >= 11 is 0. The van der Waals surface area contributed by atoms with Gasteiger partial charge in [-0.05, 0) is 24.3 Å². The SMILES string of the molecule is O=C(O)c1ccc(-c2ccc(C(=O)O)o2)o1. The summed E-state index contributed by atoms with van der Waals surface area (Å²) in [6.45, 7) is 0. The standard InChI is InChI=1S/C10H6O6/c11-9(12)7-3-1-5(15-7)6-2-4-8(16-6)10(13)14/h1-4H,(H,11,12)(H,13,14). The third kappa shape index (κ3) is 1.68. The van der Waals surface area contributed by atoms with E-state index in [4.69, 9.17) is 19.0 Å². The molecule has 0 fully saturated rings. The van der Waals surface area contributed by atoms with E-state index in [1.807, 2.05) is 0 Å². The normalized spacial score (nSPS) is 10.2. The van der Waals surface area contributed by atoms with Crippen molar-refractivity contribution in [3.8, 4) is 11.5 Å². The van der Waals surface area contributed by atoms with Crippen LogP contribution in [0.1, 0.15) is 21.1 Å². The molecule has 2 aromatic rings. The van der Waals surface area contributed by atoms with Crippen molar-refractivity contribution in [1.29, 1.82) is 0 Å². The highest BCUT2D eigenvalue weighted by Crippen LogP contribution is 2.24. The molecular weight excluding hydrogens is 216 g/mol. The van der Waals surface area contributed by atoms with Gasteiger partial charge in [-0.3, -0.25) is 0 Å². The molecule has 2 N–H and O–H groups in total. The fourth-order valence-electron chi connectivity index (χ4n) is 1.17. The van der Waals surface area contributed by atoms with E-state index >= 15 is 0 Å². The lowest BCUT2D eigenvalue weighted by molar-refractivity contribution is 0.0650. The van der Waals surface area contributed by atoms with E-state index in [0.29, 0.717) is 0 Å². The Morgan fingerprint density at radius 1 is 0.812 bits per heavy atom. The topological polar surface area (TPSA) is 101 Å². The van der Waals surface area contributed by atoms with Gasteiger partial charge in [0.2, 0.25) is 11.5 Å². The molecule has 0 amide bonds. The quantitative estimate of drug-likeness (QED) is 0.822. The minimum atomic E-state index is -1.20. The molecule has 0 unspecified atom stereocenters. The zero-order chi connectivity index (χ0) is 11.7. The molecule has 0 saturated carbocycles. The molecule has 0 atom stereocenters. The van der Waals surface area contributed by atoms with Crippen LogP contribution in [0.2, 0.25) is 0 Å². The Morgan fingerprint density at radius 2 is 1.19 bits per heavy atom. The van der Waals surface area contributed by atoms with Crippen molar-refractivity contribution in [1.82, 2.24) is 0 Å². The molecule has 0 bridgehead atoms. The van der Waals surface area contributed by atoms with Gasteiger partial charge in [-0.25, -0.2) is 9.59 Å². The van der Waals surface area contributed by atoms with Gasteiger partial charge in [-0.15, -0.1) is 0 Å². The number of aromatic carboxylic acids is 2. The van der Waals surface area contributed by atoms with Crippen LogP contribution < -0.4 is 0 Å². The molecule has 0 aliphatic carbocycles. The van der Waals surface area contributed by atoms with Gasteiger partial charge in [0.15, 0.2) is 11.5 Å². The molecular formula is C10H6O6. The maximum atomic E-state index is 10.5. The number of carboxylic acids is 2. The highest BCUT2D eigenvalue weighted by Gasteiger charge is 2.15. The minimum Gasteiger partial charge on any atom is -0.475 e. The first-order valence-electron chi connectivity index (χ1n) is 4.24. The molecule has 2 aromatic heterocycles. The third-order valence-electron chi connectivity index (χ3n) is 1.88. The molecule has 82 valence electrons. The van der Waals surface area contributed by atoms with Crippen molar-refractivity contribution in [3.63, 3.8) is 0 Å². The van der Waals surface area contributed by atoms with Gasteiger partial charge >= 0.3 is 11.9 Å². The first kappa shape index (κ1) is 10.0. The number of carbonyl (C=O) groups is 2. The molecule has 0 aliphatic rings. The Bertz CT molecular complexity index is 497. The van der Waals surface area contributed by atoms with E-state index in [1.54, 1.807) is 0 Å². The average Bonchev–Trinajstić information content (AvgIpc) is 2.86. The Balaban J connectivity index is 2.35. The van der Waals surface area contributed by atoms with Crippen LogP contribution in [0.4, 0.5) is 0 Å². The fraction of sp³-hybridized carbons (Fsp3) is 0. The largest absolute Gasteiger partial charge is 0.475 e. The van der Waals surface area contributed by atoms with Crippen molar-refractivity contribution in [2.75, 3.05) is 0 Å². The number of rotatable bonds is 3. The third-order valence-corrected chi connectivity index (χ3v) is 1.88. The van der Waals surface area contributed by atoms with Crippen LogP contribution in [-0.2, 0) is 0 Å².